The van der Waals surface area contributed by atoms with E-state index >= 15 is 0 Å². The Morgan fingerprint density at radius 1 is 0.810 bits per heavy atom. The molecule has 0 aliphatic rings. The Labute approximate surface area is 140 Å². The molecule has 6 nitrogen and oxygen atoms in total. The summed E-state index contributed by atoms with van der Waals surface area (Å²) in [6, 6.07) is 8.95. The Balaban J connectivity index is 2.52. The molecule has 0 spiro atoms. The minimum Gasteiger partial charge on any atom is -0.258 e. The van der Waals surface area contributed by atoms with Gasteiger partial charge in [-0.2, -0.15) is 0 Å². The third kappa shape index (κ3) is 3.80. The topological polar surface area (TPSA) is 86.3 Å². The highest BCUT2D eigenvalue weighted by Crippen LogP contribution is 2.41. The fourth-order valence-corrected chi connectivity index (χ4v) is 3.69. The fraction of sp³-hybridized carbons (Fsp3) is 0. The number of rotatable bonds is 4. The molecule has 0 N–H and O–H groups in total. The van der Waals surface area contributed by atoms with Crippen molar-refractivity contribution in [1.29, 1.82) is 0 Å². The van der Waals surface area contributed by atoms with Crippen LogP contribution in [0.3, 0.4) is 0 Å². The quantitative estimate of drug-likeness (QED) is 0.489. The summed E-state index contributed by atoms with van der Waals surface area (Å²) in [6.45, 7) is 0. The normalized spacial score (nSPS) is 10.4. The third-order valence-corrected chi connectivity index (χ3v) is 4.54. The lowest BCUT2D eigenvalue weighted by Crippen LogP contribution is -1.93. The van der Waals surface area contributed by atoms with E-state index in [0.29, 0.717) is 18.7 Å². The average Bonchev–Trinajstić information content (AvgIpc) is 2.38. The van der Waals surface area contributed by atoms with Gasteiger partial charge in [-0.1, -0.05) is 43.6 Å². The van der Waals surface area contributed by atoms with Gasteiger partial charge in [-0.15, -0.1) is 0 Å². The molecule has 0 fully saturated rings. The molecule has 108 valence electrons. The largest absolute Gasteiger partial charge is 0.283 e. The van der Waals surface area contributed by atoms with Crippen molar-refractivity contribution in [3.8, 4) is 0 Å². The zero-order valence-electron chi connectivity index (χ0n) is 10.2. The van der Waals surface area contributed by atoms with Crippen molar-refractivity contribution in [1.82, 2.24) is 0 Å². The maximum Gasteiger partial charge on any atom is 0.283 e. The van der Waals surface area contributed by atoms with Gasteiger partial charge >= 0.3 is 0 Å². The summed E-state index contributed by atoms with van der Waals surface area (Å²) >= 11 is 7.47. The average molecular weight is 434 g/mol. The second-order valence-corrected chi connectivity index (χ2v) is 6.76. The molecular weight excluding hydrogens is 428 g/mol. The molecule has 0 unspecified atom stereocenters. The Morgan fingerprint density at radius 2 is 1.19 bits per heavy atom. The Hall–Kier alpha value is -1.45. The van der Waals surface area contributed by atoms with Gasteiger partial charge in [-0.3, -0.25) is 20.2 Å². The Kier molecular flexibility index (Phi) is 4.96. The van der Waals surface area contributed by atoms with Crippen LogP contribution in [0.5, 0.6) is 0 Å². The minimum atomic E-state index is -0.515. The van der Waals surface area contributed by atoms with Gasteiger partial charge in [0.05, 0.1) is 19.6 Å². The van der Waals surface area contributed by atoms with Crippen molar-refractivity contribution < 1.29 is 9.85 Å². The van der Waals surface area contributed by atoms with Gasteiger partial charge < -0.3 is 0 Å². The van der Waals surface area contributed by atoms with Crippen molar-refractivity contribution in [2.75, 3.05) is 0 Å². The molecular formula is C12H6Br2N2O4S. The van der Waals surface area contributed by atoms with E-state index in [0.717, 1.165) is 11.8 Å². The molecule has 0 saturated heterocycles. The lowest BCUT2D eigenvalue weighted by atomic mass is 10.3. The zero-order valence-corrected chi connectivity index (χ0v) is 14.1. The molecule has 0 bridgehead atoms. The number of hydrogen-bond acceptors (Lipinski definition) is 5. The van der Waals surface area contributed by atoms with Gasteiger partial charge in [0.15, 0.2) is 0 Å². The summed E-state index contributed by atoms with van der Waals surface area (Å²) < 4.78 is 1.32. The van der Waals surface area contributed by atoms with Crippen molar-refractivity contribution in [3.63, 3.8) is 0 Å². The Bertz CT molecular complexity index is 678. The van der Waals surface area contributed by atoms with Crippen LogP contribution in [0.25, 0.3) is 0 Å². The molecule has 0 heterocycles. The summed E-state index contributed by atoms with van der Waals surface area (Å²) in [4.78, 5) is 21.7. The lowest BCUT2D eigenvalue weighted by molar-refractivity contribution is -0.388. The molecule has 0 saturated carbocycles. The van der Waals surface area contributed by atoms with E-state index in [1.807, 2.05) is 0 Å². The van der Waals surface area contributed by atoms with Gasteiger partial charge in [0.25, 0.3) is 11.4 Å². The predicted octanol–water partition coefficient (Wildman–Crippen LogP) is 5.18. The first-order valence-electron chi connectivity index (χ1n) is 5.44. The summed E-state index contributed by atoms with van der Waals surface area (Å²) in [7, 11) is 0. The summed E-state index contributed by atoms with van der Waals surface area (Å²) in [5, 5.41) is 22.1. The van der Waals surface area contributed by atoms with Crippen molar-refractivity contribution in [2.45, 2.75) is 9.79 Å². The van der Waals surface area contributed by atoms with Crippen LogP contribution < -0.4 is 0 Å². The van der Waals surface area contributed by atoms with E-state index in [1.54, 1.807) is 24.3 Å². The molecule has 21 heavy (non-hydrogen) atoms. The molecule has 2 aromatic rings. The first-order chi connectivity index (χ1) is 9.88. The zero-order chi connectivity index (χ0) is 15.6. The standard InChI is InChI=1S/C12H6Br2N2O4S/c13-7-1-3-9(15(17)18)11(5-7)21-12-6-8(14)2-4-10(12)16(19)20/h1-6H. The SMILES string of the molecule is O=[N+]([O-])c1ccc(Br)cc1Sc1cc(Br)ccc1[N+](=O)[O-]. The van der Waals surface area contributed by atoms with E-state index in [1.165, 1.54) is 12.1 Å². The summed E-state index contributed by atoms with van der Waals surface area (Å²) in [6.07, 6.45) is 0. The van der Waals surface area contributed by atoms with E-state index in [9.17, 15) is 20.2 Å². The molecule has 9 heteroatoms. The maximum atomic E-state index is 11.0. The van der Waals surface area contributed by atoms with Gasteiger partial charge in [0.2, 0.25) is 0 Å². The number of nitro groups is 2. The van der Waals surface area contributed by atoms with Crippen molar-refractivity contribution >= 4 is 55.0 Å². The lowest BCUT2D eigenvalue weighted by Gasteiger charge is -2.05. The van der Waals surface area contributed by atoms with Crippen LogP contribution in [0.4, 0.5) is 11.4 Å². The number of hydrogen-bond donors (Lipinski definition) is 0. The van der Waals surface area contributed by atoms with Crippen LogP contribution in [0.15, 0.2) is 55.1 Å². The number of benzene rings is 2. The molecule has 0 aromatic heterocycles. The van der Waals surface area contributed by atoms with Gasteiger partial charge in [0, 0.05) is 21.1 Å². The summed E-state index contributed by atoms with van der Waals surface area (Å²) in [5.74, 6) is 0. The summed E-state index contributed by atoms with van der Waals surface area (Å²) in [5.41, 5.74) is -0.199. The molecule has 0 atom stereocenters. The van der Waals surface area contributed by atoms with Crippen LogP contribution in [0, 0.1) is 20.2 Å². The first kappa shape index (κ1) is 15.9. The molecule has 0 radical (unpaired) electrons. The Morgan fingerprint density at radius 3 is 1.52 bits per heavy atom. The van der Waals surface area contributed by atoms with Crippen LogP contribution in [-0.2, 0) is 0 Å². The van der Waals surface area contributed by atoms with Crippen LogP contribution >= 0.6 is 43.6 Å². The predicted molar refractivity (Wildman–Crippen MR) is 85.7 cm³/mol. The van der Waals surface area contributed by atoms with Gasteiger partial charge in [0.1, 0.15) is 0 Å². The minimum absolute atomic E-state index is 0.0996. The van der Waals surface area contributed by atoms with E-state index < -0.39 is 9.85 Å². The monoisotopic (exact) mass is 432 g/mol. The van der Waals surface area contributed by atoms with Crippen molar-refractivity contribution in [3.05, 3.63) is 65.6 Å². The third-order valence-electron chi connectivity index (χ3n) is 2.46. The van der Waals surface area contributed by atoms with E-state index in [-0.39, 0.29) is 11.4 Å². The molecule has 2 rings (SSSR count). The number of nitro benzene ring substituents is 2. The van der Waals surface area contributed by atoms with E-state index in [2.05, 4.69) is 31.9 Å². The molecule has 0 amide bonds. The highest BCUT2D eigenvalue weighted by Gasteiger charge is 2.20. The smallest absolute Gasteiger partial charge is 0.258 e. The van der Waals surface area contributed by atoms with E-state index in [4.69, 9.17) is 0 Å². The maximum absolute atomic E-state index is 11.0. The van der Waals surface area contributed by atoms with Crippen LogP contribution in [-0.4, -0.2) is 9.85 Å². The second kappa shape index (κ2) is 6.54. The fourth-order valence-electron chi connectivity index (χ4n) is 1.56. The number of halogens is 2. The van der Waals surface area contributed by atoms with Gasteiger partial charge in [-0.05, 0) is 24.3 Å². The molecule has 2 aromatic carbocycles. The van der Waals surface area contributed by atoms with Crippen molar-refractivity contribution in [2.24, 2.45) is 0 Å². The first-order valence-corrected chi connectivity index (χ1v) is 7.84. The second-order valence-electron chi connectivity index (χ2n) is 3.84. The molecule has 0 aliphatic carbocycles. The molecule has 0 aliphatic heterocycles. The van der Waals surface area contributed by atoms with Gasteiger partial charge in [-0.25, -0.2) is 0 Å². The highest BCUT2D eigenvalue weighted by atomic mass is 79.9. The highest BCUT2D eigenvalue weighted by molar-refractivity contribution is 9.10. The van der Waals surface area contributed by atoms with Crippen LogP contribution in [0.2, 0.25) is 0 Å². The van der Waals surface area contributed by atoms with Crippen LogP contribution in [0.1, 0.15) is 0 Å². The number of nitrogens with zero attached hydrogens (tertiary/aromatic N) is 2.